The molecule has 0 atom stereocenters. The molecule has 0 aliphatic heterocycles. The van der Waals surface area contributed by atoms with Crippen LogP contribution in [0.25, 0.3) is 22.0 Å². The van der Waals surface area contributed by atoms with Gasteiger partial charge in [0.2, 0.25) is 17.4 Å². The average Bonchev–Trinajstić information content (AvgIpc) is 3.30. The Bertz CT molecular complexity index is 1210. The fourth-order valence-electron chi connectivity index (χ4n) is 3.18. The van der Waals surface area contributed by atoms with Crippen LogP contribution in [0.4, 0.5) is 5.69 Å². The topological polar surface area (TPSA) is 91.6 Å². The quantitative estimate of drug-likeness (QED) is 0.470. The zero-order valence-corrected chi connectivity index (χ0v) is 16.7. The van der Waals surface area contributed by atoms with E-state index in [0.29, 0.717) is 15.9 Å². The van der Waals surface area contributed by atoms with Gasteiger partial charge in [0.25, 0.3) is 5.88 Å². The van der Waals surface area contributed by atoms with Crippen molar-refractivity contribution in [1.29, 1.82) is 0 Å². The molecule has 2 N–H and O–H groups in total. The summed E-state index contributed by atoms with van der Waals surface area (Å²) in [7, 11) is 5.35. The van der Waals surface area contributed by atoms with Gasteiger partial charge >= 0.3 is 0 Å². The van der Waals surface area contributed by atoms with Gasteiger partial charge in [0.15, 0.2) is 0 Å². The molecule has 4 aromatic rings. The fraction of sp³-hybridized carbons (Fsp3) is 0.143. The lowest BCUT2D eigenvalue weighted by atomic mass is 10.00. The van der Waals surface area contributed by atoms with Crippen molar-refractivity contribution in [2.75, 3.05) is 26.1 Å². The Morgan fingerprint density at radius 1 is 1.21 bits per heavy atom. The Balaban J connectivity index is 1.83. The van der Waals surface area contributed by atoms with E-state index in [1.54, 1.807) is 12.1 Å². The van der Waals surface area contributed by atoms with Crippen molar-refractivity contribution < 1.29 is 19.2 Å². The van der Waals surface area contributed by atoms with E-state index in [9.17, 15) is 9.90 Å². The summed E-state index contributed by atoms with van der Waals surface area (Å²) < 4.78 is 9.99. The third kappa shape index (κ3) is 3.30. The van der Waals surface area contributed by atoms with Gasteiger partial charge < -0.3 is 24.3 Å². The molecule has 0 radical (unpaired) electrons. The number of hydrogen-bond acceptors (Lipinski definition) is 6. The van der Waals surface area contributed by atoms with E-state index in [2.05, 4.69) is 10.1 Å². The van der Waals surface area contributed by atoms with Crippen molar-refractivity contribution in [3.05, 3.63) is 58.8 Å². The van der Waals surface area contributed by atoms with E-state index in [1.165, 1.54) is 13.2 Å². The second kappa shape index (κ2) is 7.18. The summed E-state index contributed by atoms with van der Waals surface area (Å²) in [6.07, 6.45) is 0. The first-order chi connectivity index (χ1) is 13.9. The Morgan fingerprint density at radius 2 is 1.93 bits per heavy atom. The molecule has 0 aliphatic rings. The lowest BCUT2D eigenvalue weighted by Crippen LogP contribution is -2.07. The van der Waals surface area contributed by atoms with Crippen LogP contribution in [0, 0.1) is 0 Å². The number of nitrogens with one attached hydrogen (secondary N) is 1. The third-order valence-electron chi connectivity index (χ3n) is 4.71. The van der Waals surface area contributed by atoms with Gasteiger partial charge in [-0.15, -0.1) is 0 Å². The highest BCUT2D eigenvalue weighted by Crippen LogP contribution is 2.37. The monoisotopic (exact) mass is 411 g/mol. The van der Waals surface area contributed by atoms with Crippen molar-refractivity contribution in [3.8, 4) is 22.9 Å². The SMILES string of the molecule is COc1cc(C(=O)c2c(O)[nH]c3cc(Cl)c(-c4ccc(N(C)C)cc4)cc23)on1. The summed E-state index contributed by atoms with van der Waals surface area (Å²) in [5, 5.41) is 15.0. The minimum atomic E-state index is -0.513. The molecule has 2 heterocycles. The van der Waals surface area contributed by atoms with Crippen LogP contribution in [0.2, 0.25) is 5.02 Å². The molecule has 148 valence electrons. The molecule has 0 spiro atoms. The molecule has 0 saturated heterocycles. The predicted molar refractivity (Wildman–Crippen MR) is 111 cm³/mol. The molecule has 2 aromatic carbocycles. The highest BCUT2D eigenvalue weighted by molar-refractivity contribution is 6.34. The van der Waals surface area contributed by atoms with Crippen molar-refractivity contribution in [1.82, 2.24) is 10.1 Å². The summed E-state index contributed by atoms with van der Waals surface area (Å²) in [5.41, 5.74) is 3.31. The standard InChI is InChI=1S/C21H18ClN3O4/c1-25(2)12-6-4-11(5-7-12)13-8-14-16(9-15(13)22)23-21(27)19(14)20(26)17-10-18(28-3)24-29-17/h4-10,23,27H,1-3H3. The molecular formula is C21H18ClN3O4. The molecule has 2 aromatic heterocycles. The number of methoxy groups -OCH3 is 1. The zero-order chi connectivity index (χ0) is 20.7. The predicted octanol–water partition coefficient (Wildman–Crippen LogP) is 4.49. The van der Waals surface area contributed by atoms with Crippen LogP contribution in [-0.2, 0) is 0 Å². The van der Waals surface area contributed by atoms with Gasteiger partial charge in [-0.25, -0.2) is 0 Å². The number of rotatable bonds is 5. The summed E-state index contributed by atoms with van der Waals surface area (Å²) >= 11 is 6.48. The molecule has 0 saturated carbocycles. The minimum Gasteiger partial charge on any atom is -0.494 e. The Hall–Kier alpha value is -3.45. The van der Waals surface area contributed by atoms with Gasteiger partial charge in [-0.2, -0.15) is 0 Å². The van der Waals surface area contributed by atoms with Gasteiger partial charge in [-0.1, -0.05) is 23.7 Å². The van der Waals surface area contributed by atoms with E-state index in [4.69, 9.17) is 20.9 Å². The third-order valence-corrected chi connectivity index (χ3v) is 5.02. The first kappa shape index (κ1) is 18.9. The number of fused-ring (bicyclic) bond motifs is 1. The molecule has 0 aliphatic carbocycles. The number of aromatic nitrogens is 2. The van der Waals surface area contributed by atoms with Crippen LogP contribution in [0.3, 0.4) is 0 Å². The van der Waals surface area contributed by atoms with Crippen LogP contribution >= 0.6 is 11.6 Å². The van der Waals surface area contributed by atoms with Gasteiger partial charge in [0.1, 0.15) is 0 Å². The molecular weight excluding hydrogens is 394 g/mol. The molecule has 7 nitrogen and oxygen atoms in total. The van der Waals surface area contributed by atoms with Gasteiger partial charge in [0, 0.05) is 30.7 Å². The maximum absolute atomic E-state index is 12.9. The molecule has 0 fully saturated rings. The Kier molecular flexibility index (Phi) is 4.68. The van der Waals surface area contributed by atoms with Gasteiger partial charge in [-0.05, 0) is 35.0 Å². The summed E-state index contributed by atoms with van der Waals surface area (Å²) in [4.78, 5) is 17.7. The normalized spacial score (nSPS) is 11.0. The molecule has 0 unspecified atom stereocenters. The Labute approximate surface area is 171 Å². The lowest BCUT2D eigenvalue weighted by molar-refractivity contribution is 0.0999. The van der Waals surface area contributed by atoms with E-state index >= 15 is 0 Å². The van der Waals surface area contributed by atoms with E-state index in [0.717, 1.165) is 16.8 Å². The molecule has 0 amide bonds. The number of aromatic hydroxyl groups is 1. The fourth-order valence-corrected chi connectivity index (χ4v) is 3.45. The van der Waals surface area contributed by atoms with Crippen LogP contribution < -0.4 is 9.64 Å². The number of anilines is 1. The maximum atomic E-state index is 12.9. The van der Waals surface area contributed by atoms with Gasteiger partial charge in [0.05, 0.1) is 29.3 Å². The maximum Gasteiger partial charge on any atom is 0.254 e. The minimum absolute atomic E-state index is 0.0371. The largest absolute Gasteiger partial charge is 0.494 e. The number of H-pyrrole nitrogens is 1. The zero-order valence-electron chi connectivity index (χ0n) is 16.0. The average molecular weight is 412 g/mol. The van der Waals surface area contributed by atoms with Crippen LogP contribution in [0.15, 0.2) is 47.0 Å². The smallest absolute Gasteiger partial charge is 0.254 e. The first-order valence-corrected chi connectivity index (χ1v) is 9.14. The van der Waals surface area contributed by atoms with Gasteiger partial charge in [-0.3, -0.25) is 4.79 Å². The number of carbonyl (C=O) groups excluding carboxylic acids is 1. The second-order valence-electron chi connectivity index (χ2n) is 6.73. The molecule has 8 heteroatoms. The number of hydrogen-bond donors (Lipinski definition) is 2. The number of ether oxygens (including phenoxy) is 1. The van der Waals surface area contributed by atoms with Crippen molar-refractivity contribution in [3.63, 3.8) is 0 Å². The van der Waals surface area contributed by atoms with E-state index in [1.807, 2.05) is 43.3 Å². The first-order valence-electron chi connectivity index (χ1n) is 8.76. The van der Waals surface area contributed by atoms with E-state index in [-0.39, 0.29) is 23.1 Å². The number of nitrogens with zero attached hydrogens (tertiary/aromatic N) is 2. The van der Waals surface area contributed by atoms with E-state index < -0.39 is 5.78 Å². The Morgan fingerprint density at radius 3 is 2.55 bits per heavy atom. The van der Waals surface area contributed by atoms with Crippen molar-refractivity contribution in [2.45, 2.75) is 0 Å². The second-order valence-corrected chi connectivity index (χ2v) is 7.14. The summed E-state index contributed by atoms with van der Waals surface area (Å²) in [6.45, 7) is 0. The number of benzene rings is 2. The lowest BCUT2D eigenvalue weighted by Gasteiger charge is -2.13. The molecule has 29 heavy (non-hydrogen) atoms. The van der Waals surface area contributed by atoms with Crippen LogP contribution in [-0.4, -0.2) is 42.2 Å². The van der Waals surface area contributed by atoms with Crippen LogP contribution in [0.1, 0.15) is 16.1 Å². The molecule has 0 bridgehead atoms. The van der Waals surface area contributed by atoms with Crippen molar-refractivity contribution >= 4 is 34.0 Å². The number of aromatic amines is 1. The number of ketones is 1. The highest BCUT2D eigenvalue weighted by Gasteiger charge is 2.25. The summed E-state index contributed by atoms with van der Waals surface area (Å²) in [5.74, 6) is -0.639. The summed E-state index contributed by atoms with van der Waals surface area (Å²) in [6, 6.07) is 12.7. The number of carbonyl (C=O) groups is 1. The van der Waals surface area contributed by atoms with Crippen molar-refractivity contribution in [2.24, 2.45) is 0 Å². The molecule has 4 rings (SSSR count). The highest BCUT2D eigenvalue weighted by atomic mass is 35.5. The van der Waals surface area contributed by atoms with Crippen LogP contribution in [0.5, 0.6) is 11.8 Å². The number of halogens is 1.